The van der Waals surface area contributed by atoms with Gasteiger partial charge >= 0.3 is 0 Å². The van der Waals surface area contributed by atoms with E-state index >= 15 is 0 Å². The van der Waals surface area contributed by atoms with Crippen LogP contribution in [0.15, 0.2) is 34.8 Å². The van der Waals surface area contributed by atoms with Crippen molar-refractivity contribution in [2.75, 3.05) is 6.61 Å². The molecule has 0 aromatic heterocycles. The number of allylic oxidation sites excluding steroid dienone is 2. The molecule has 0 radical (unpaired) electrons. The lowest BCUT2D eigenvalue weighted by atomic mass is 9.92. The van der Waals surface area contributed by atoms with Gasteiger partial charge in [0, 0.05) is 4.47 Å². The van der Waals surface area contributed by atoms with Gasteiger partial charge in [0.05, 0.1) is 6.61 Å². The fourth-order valence-corrected chi connectivity index (χ4v) is 2.37. The van der Waals surface area contributed by atoms with E-state index in [9.17, 15) is 0 Å². The van der Waals surface area contributed by atoms with Crippen molar-refractivity contribution in [3.05, 3.63) is 40.4 Å². The largest absolute Gasteiger partial charge is 0.493 e. The predicted octanol–water partition coefficient (Wildman–Crippen LogP) is 5.70. The highest BCUT2D eigenvalue weighted by atomic mass is 79.9. The Hall–Kier alpha value is -0.760. The van der Waals surface area contributed by atoms with E-state index in [1.54, 1.807) is 0 Å². The molecule has 0 fully saturated rings. The zero-order valence-corrected chi connectivity index (χ0v) is 13.2. The first kappa shape index (κ1) is 15.3. The highest BCUT2D eigenvalue weighted by molar-refractivity contribution is 9.10. The molecule has 0 aliphatic carbocycles. The molecular weight excluding hydrogens is 288 g/mol. The zero-order chi connectivity index (χ0) is 13.4. The van der Waals surface area contributed by atoms with Crippen LogP contribution < -0.4 is 4.74 Å². The molecule has 0 heterocycles. The molecule has 0 aliphatic rings. The summed E-state index contributed by atoms with van der Waals surface area (Å²) in [6.07, 6.45) is 7.60. The molecule has 1 aromatic rings. The second-order valence-electron chi connectivity index (χ2n) is 4.44. The quantitative estimate of drug-likeness (QED) is 0.587. The van der Waals surface area contributed by atoms with Gasteiger partial charge in [-0.2, -0.15) is 0 Å². The summed E-state index contributed by atoms with van der Waals surface area (Å²) >= 11 is 3.56. The van der Waals surface area contributed by atoms with Crippen molar-refractivity contribution in [2.24, 2.45) is 0 Å². The van der Waals surface area contributed by atoms with E-state index in [1.165, 1.54) is 5.56 Å². The van der Waals surface area contributed by atoms with Crippen LogP contribution in [0.2, 0.25) is 0 Å². The fraction of sp³-hybridized carbons (Fsp3) is 0.500. The Morgan fingerprint density at radius 3 is 2.72 bits per heavy atom. The first-order chi connectivity index (χ1) is 8.72. The minimum absolute atomic E-state index is 0.533. The average molecular weight is 311 g/mol. The topological polar surface area (TPSA) is 9.23 Å². The average Bonchev–Trinajstić information content (AvgIpc) is 2.38. The summed E-state index contributed by atoms with van der Waals surface area (Å²) in [5.41, 5.74) is 1.32. The highest BCUT2D eigenvalue weighted by Crippen LogP contribution is 2.34. The van der Waals surface area contributed by atoms with E-state index in [1.807, 2.05) is 0 Å². The number of rotatable bonds is 7. The zero-order valence-electron chi connectivity index (χ0n) is 11.6. The molecule has 0 bridgehead atoms. The Balaban J connectivity index is 2.97. The fourth-order valence-electron chi connectivity index (χ4n) is 2.00. The number of hydrogen-bond acceptors (Lipinski definition) is 1. The van der Waals surface area contributed by atoms with Crippen molar-refractivity contribution in [3.8, 4) is 5.75 Å². The lowest BCUT2D eigenvalue weighted by molar-refractivity contribution is 0.311. The smallest absolute Gasteiger partial charge is 0.122 e. The SMILES string of the molecule is C/C=C\CC(CC)c1cc(Br)ccc1OCCC. The van der Waals surface area contributed by atoms with Crippen LogP contribution in [0.4, 0.5) is 0 Å². The molecule has 0 saturated carbocycles. The second kappa shape index (κ2) is 8.36. The van der Waals surface area contributed by atoms with E-state index in [0.717, 1.165) is 36.1 Å². The van der Waals surface area contributed by atoms with Crippen molar-refractivity contribution >= 4 is 15.9 Å². The molecule has 2 heteroatoms. The van der Waals surface area contributed by atoms with Gasteiger partial charge in [0.15, 0.2) is 0 Å². The summed E-state index contributed by atoms with van der Waals surface area (Å²) in [7, 11) is 0. The van der Waals surface area contributed by atoms with Gasteiger partial charge in [-0.25, -0.2) is 0 Å². The van der Waals surface area contributed by atoms with Crippen molar-refractivity contribution in [2.45, 2.75) is 46.0 Å². The van der Waals surface area contributed by atoms with Gasteiger partial charge in [0.1, 0.15) is 5.75 Å². The monoisotopic (exact) mass is 310 g/mol. The van der Waals surface area contributed by atoms with Crippen LogP contribution in [0.25, 0.3) is 0 Å². The molecule has 0 spiro atoms. The highest BCUT2D eigenvalue weighted by Gasteiger charge is 2.14. The maximum Gasteiger partial charge on any atom is 0.122 e. The summed E-state index contributed by atoms with van der Waals surface area (Å²) in [6.45, 7) is 7.23. The summed E-state index contributed by atoms with van der Waals surface area (Å²) in [4.78, 5) is 0. The summed E-state index contributed by atoms with van der Waals surface area (Å²) < 4.78 is 6.98. The van der Waals surface area contributed by atoms with E-state index in [0.29, 0.717) is 5.92 Å². The normalized spacial score (nSPS) is 12.9. The first-order valence-electron chi connectivity index (χ1n) is 6.76. The number of benzene rings is 1. The molecule has 18 heavy (non-hydrogen) atoms. The Kier molecular flexibility index (Phi) is 7.11. The van der Waals surface area contributed by atoms with Crippen molar-refractivity contribution in [3.63, 3.8) is 0 Å². The summed E-state index contributed by atoms with van der Waals surface area (Å²) in [5, 5.41) is 0. The summed E-state index contributed by atoms with van der Waals surface area (Å²) in [5.74, 6) is 1.57. The van der Waals surface area contributed by atoms with Gasteiger partial charge in [0.25, 0.3) is 0 Å². The Bertz CT molecular complexity index is 385. The lowest BCUT2D eigenvalue weighted by Gasteiger charge is -2.18. The maximum absolute atomic E-state index is 5.86. The number of hydrogen-bond donors (Lipinski definition) is 0. The predicted molar refractivity (Wildman–Crippen MR) is 82.4 cm³/mol. The summed E-state index contributed by atoms with van der Waals surface area (Å²) in [6, 6.07) is 6.33. The molecule has 1 atom stereocenters. The third kappa shape index (κ3) is 4.49. The molecule has 1 unspecified atom stereocenters. The van der Waals surface area contributed by atoms with Crippen LogP contribution in [0.3, 0.4) is 0 Å². The van der Waals surface area contributed by atoms with Crippen LogP contribution in [-0.4, -0.2) is 6.61 Å². The van der Waals surface area contributed by atoms with Gasteiger partial charge in [-0.3, -0.25) is 0 Å². The lowest BCUT2D eigenvalue weighted by Crippen LogP contribution is -2.03. The van der Waals surface area contributed by atoms with E-state index in [2.05, 4.69) is 67.1 Å². The van der Waals surface area contributed by atoms with Crippen molar-refractivity contribution in [1.82, 2.24) is 0 Å². The van der Waals surface area contributed by atoms with Gasteiger partial charge in [-0.1, -0.05) is 41.9 Å². The third-order valence-corrected chi connectivity index (χ3v) is 3.52. The van der Waals surface area contributed by atoms with Gasteiger partial charge in [0.2, 0.25) is 0 Å². The van der Waals surface area contributed by atoms with Crippen LogP contribution in [-0.2, 0) is 0 Å². The Morgan fingerprint density at radius 1 is 1.33 bits per heavy atom. The minimum atomic E-state index is 0.533. The molecule has 0 amide bonds. The van der Waals surface area contributed by atoms with Gasteiger partial charge in [-0.15, -0.1) is 0 Å². The molecular formula is C16H23BrO. The van der Waals surface area contributed by atoms with E-state index < -0.39 is 0 Å². The van der Waals surface area contributed by atoms with Crippen LogP contribution in [0.5, 0.6) is 5.75 Å². The molecule has 100 valence electrons. The van der Waals surface area contributed by atoms with Crippen LogP contribution in [0.1, 0.15) is 51.5 Å². The van der Waals surface area contributed by atoms with E-state index in [-0.39, 0.29) is 0 Å². The third-order valence-electron chi connectivity index (χ3n) is 3.02. The van der Waals surface area contributed by atoms with Crippen LogP contribution >= 0.6 is 15.9 Å². The molecule has 0 aliphatic heterocycles. The standard InChI is InChI=1S/C16H23BrO/c1-4-7-8-13(6-3)15-12-14(17)9-10-16(15)18-11-5-2/h4,7,9-10,12-13H,5-6,8,11H2,1-3H3/b7-4-. The minimum Gasteiger partial charge on any atom is -0.493 e. The van der Waals surface area contributed by atoms with Crippen LogP contribution in [0, 0.1) is 0 Å². The Labute approximate surface area is 119 Å². The van der Waals surface area contributed by atoms with E-state index in [4.69, 9.17) is 4.74 Å². The maximum atomic E-state index is 5.86. The van der Waals surface area contributed by atoms with Gasteiger partial charge < -0.3 is 4.74 Å². The first-order valence-corrected chi connectivity index (χ1v) is 7.55. The molecule has 0 saturated heterocycles. The molecule has 1 rings (SSSR count). The molecule has 0 N–H and O–H groups in total. The Morgan fingerprint density at radius 2 is 2.11 bits per heavy atom. The van der Waals surface area contributed by atoms with Crippen molar-refractivity contribution < 1.29 is 4.74 Å². The number of halogens is 1. The second-order valence-corrected chi connectivity index (χ2v) is 5.36. The number of ether oxygens (including phenoxy) is 1. The molecule has 1 nitrogen and oxygen atoms in total. The molecule has 1 aromatic carbocycles. The van der Waals surface area contributed by atoms with Crippen molar-refractivity contribution in [1.29, 1.82) is 0 Å². The van der Waals surface area contributed by atoms with Gasteiger partial charge in [-0.05, 0) is 55.9 Å².